The van der Waals surface area contributed by atoms with E-state index in [1.54, 1.807) is 18.2 Å². The zero-order valence-corrected chi connectivity index (χ0v) is 11.3. The molecule has 0 saturated heterocycles. The van der Waals surface area contributed by atoms with Crippen molar-refractivity contribution in [3.05, 3.63) is 40.3 Å². The van der Waals surface area contributed by atoms with Crippen LogP contribution in [0.15, 0.2) is 29.0 Å². The van der Waals surface area contributed by atoms with Gasteiger partial charge in [-0.2, -0.15) is 0 Å². The lowest BCUT2D eigenvalue weighted by atomic mass is 10.1. The fourth-order valence-electron chi connectivity index (χ4n) is 1.52. The highest BCUT2D eigenvalue weighted by molar-refractivity contribution is 6.42. The van der Waals surface area contributed by atoms with Crippen molar-refractivity contribution >= 4 is 29.1 Å². The smallest absolute Gasteiger partial charge is 0.273 e. The van der Waals surface area contributed by atoms with Gasteiger partial charge in [0, 0.05) is 18.7 Å². The summed E-state index contributed by atoms with van der Waals surface area (Å²) in [6, 6.07) is 4.95. The van der Waals surface area contributed by atoms with Crippen molar-refractivity contribution in [3.63, 3.8) is 0 Å². The summed E-state index contributed by atoms with van der Waals surface area (Å²) in [4.78, 5) is 15.8. The lowest BCUT2D eigenvalue weighted by Gasteiger charge is -2.04. The van der Waals surface area contributed by atoms with Gasteiger partial charge in [-0.25, -0.2) is 4.98 Å². The molecule has 0 unspecified atom stereocenters. The van der Waals surface area contributed by atoms with Gasteiger partial charge in [0.05, 0.1) is 10.0 Å². The van der Waals surface area contributed by atoms with Crippen LogP contribution in [0.5, 0.6) is 0 Å². The highest BCUT2D eigenvalue weighted by atomic mass is 35.5. The molecule has 1 aromatic carbocycles. The van der Waals surface area contributed by atoms with Crippen LogP contribution in [0.4, 0.5) is 0 Å². The van der Waals surface area contributed by atoms with Crippen molar-refractivity contribution in [1.29, 1.82) is 0 Å². The van der Waals surface area contributed by atoms with Gasteiger partial charge in [0.2, 0.25) is 0 Å². The van der Waals surface area contributed by atoms with Gasteiger partial charge in [-0.15, -0.1) is 0 Å². The molecule has 0 spiro atoms. The number of hydrogen-bond donors (Lipinski definition) is 2. The molecule has 2 rings (SSSR count). The molecule has 0 saturated carbocycles. The van der Waals surface area contributed by atoms with Gasteiger partial charge in [0.15, 0.2) is 17.8 Å². The highest BCUT2D eigenvalue weighted by Gasteiger charge is 2.18. The number of nitrogens with one attached hydrogen (secondary N) is 1. The molecule has 1 aromatic heterocycles. The second kappa shape index (κ2) is 6.06. The van der Waals surface area contributed by atoms with E-state index in [2.05, 4.69) is 10.3 Å². The minimum absolute atomic E-state index is 0.187. The molecule has 7 heteroatoms. The predicted molar refractivity (Wildman–Crippen MR) is 73.3 cm³/mol. The molecular formula is C12H11Cl2N3O2. The van der Waals surface area contributed by atoms with Crippen LogP contribution in [0.1, 0.15) is 10.5 Å². The first-order valence-electron chi connectivity index (χ1n) is 5.50. The van der Waals surface area contributed by atoms with Crippen molar-refractivity contribution in [1.82, 2.24) is 10.3 Å². The van der Waals surface area contributed by atoms with Crippen LogP contribution in [0, 0.1) is 0 Å². The molecule has 0 aliphatic carbocycles. The van der Waals surface area contributed by atoms with Crippen LogP contribution >= 0.6 is 23.2 Å². The molecule has 1 heterocycles. The summed E-state index contributed by atoms with van der Waals surface area (Å²) in [5.74, 6) is -0.00615. The van der Waals surface area contributed by atoms with E-state index >= 15 is 0 Å². The minimum Gasteiger partial charge on any atom is -0.443 e. The average Bonchev–Trinajstić information content (AvgIpc) is 2.88. The second-order valence-corrected chi connectivity index (χ2v) is 4.52. The molecule has 5 nitrogen and oxygen atoms in total. The van der Waals surface area contributed by atoms with Gasteiger partial charge >= 0.3 is 0 Å². The van der Waals surface area contributed by atoms with Crippen LogP contribution in [0.25, 0.3) is 11.3 Å². The maximum absolute atomic E-state index is 11.9. The Hall–Kier alpha value is -1.56. The Bertz CT molecular complexity index is 598. The average molecular weight is 300 g/mol. The molecule has 0 aliphatic rings. The lowest BCUT2D eigenvalue weighted by Crippen LogP contribution is -2.29. The van der Waals surface area contributed by atoms with Gasteiger partial charge in [-0.3, -0.25) is 4.79 Å². The topological polar surface area (TPSA) is 81.1 Å². The van der Waals surface area contributed by atoms with Crippen LogP contribution in [-0.4, -0.2) is 24.0 Å². The number of rotatable bonds is 4. The number of amides is 1. The zero-order valence-electron chi connectivity index (χ0n) is 9.82. The fourth-order valence-corrected chi connectivity index (χ4v) is 1.82. The number of aromatic nitrogens is 1. The third-order valence-electron chi connectivity index (χ3n) is 2.39. The summed E-state index contributed by atoms with van der Waals surface area (Å²) < 4.78 is 5.24. The second-order valence-electron chi connectivity index (χ2n) is 3.70. The minimum atomic E-state index is -0.347. The van der Waals surface area contributed by atoms with E-state index in [0.29, 0.717) is 34.5 Å². The van der Waals surface area contributed by atoms with Gasteiger partial charge in [-0.05, 0) is 18.2 Å². The third-order valence-corrected chi connectivity index (χ3v) is 3.13. The number of hydrogen-bond acceptors (Lipinski definition) is 4. The Morgan fingerprint density at radius 2 is 2.16 bits per heavy atom. The molecular weight excluding hydrogens is 289 g/mol. The van der Waals surface area contributed by atoms with E-state index in [1.165, 1.54) is 6.39 Å². The first-order chi connectivity index (χ1) is 9.13. The summed E-state index contributed by atoms with van der Waals surface area (Å²) in [7, 11) is 0. The Balaban J connectivity index is 2.33. The number of nitrogens with two attached hydrogens (primary N) is 1. The lowest BCUT2D eigenvalue weighted by molar-refractivity contribution is 0.0950. The number of nitrogens with zero attached hydrogens (tertiary/aromatic N) is 1. The molecule has 0 radical (unpaired) electrons. The van der Waals surface area contributed by atoms with Gasteiger partial charge in [-0.1, -0.05) is 23.2 Å². The van der Waals surface area contributed by atoms with Crippen LogP contribution in [-0.2, 0) is 0 Å². The quantitative estimate of drug-likeness (QED) is 0.908. The van der Waals surface area contributed by atoms with E-state index in [4.69, 9.17) is 33.4 Å². The van der Waals surface area contributed by atoms with E-state index in [9.17, 15) is 4.79 Å². The van der Waals surface area contributed by atoms with E-state index in [1.807, 2.05) is 0 Å². The molecule has 0 aliphatic heterocycles. The van der Waals surface area contributed by atoms with Crippen molar-refractivity contribution in [2.45, 2.75) is 0 Å². The summed E-state index contributed by atoms with van der Waals surface area (Å²) in [5.41, 5.74) is 6.14. The Morgan fingerprint density at radius 3 is 2.84 bits per heavy atom. The standard InChI is InChI=1S/C12H11Cl2N3O2/c13-8-2-1-7(5-9(8)14)11-10(17-6-19-11)12(18)16-4-3-15/h1-2,5-6H,3-4,15H2,(H,16,18). The first-order valence-corrected chi connectivity index (χ1v) is 6.26. The van der Waals surface area contributed by atoms with E-state index < -0.39 is 0 Å². The van der Waals surface area contributed by atoms with Crippen molar-refractivity contribution < 1.29 is 9.21 Å². The maximum atomic E-state index is 11.9. The number of oxazole rings is 1. The van der Waals surface area contributed by atoms with Crippen LogP contribution in [0.2, 0.25) is 10.0 Å². The molecule has 100 valence electrons. The van der Waals surface area contributed by atoms with Crippen molar-refractivity contribution in [2.24, 2.45) is 5.73 Å². The molecule has 2 aromatic rings. The van der Waals surface area contributed by atoms with Crippen LogP contribution < -0.4 is 11.1 Å². The van der Waals surface area contributed by atoms with Gasteiger partial charge in [0.25, 0.3) is 5.91 Å². The summed E-state index contributed by atoms with van der Waals surface area (Å²) in [6.07, 6.45) is 1.20. The summed E-state index contributed by atoms with van der Waals surface area (Å²) >= 11 is 11.8. The highest BCUT2D eigenvalue weighted by Crippen LogP contribution is 2.30. The van der Waals surface area contributed by atoms with E-state index in [0.717, 1.165) is 0 Å². The number of carbonyl (C=O) groups excluding carboxylic acids is 1. The molecule has 0 atom stereocenters. The predicted octanol–water partition coefficient (Wildman–Crippen LogP) is 2.34. The Morgan fingerprint density at radius 1 is 1.37 bits per heavy atom. The van der Waals surface area contributed by atoms with Crippen molar-refractivity contribution in [2.75, 3.05) is 13.1 Å². The zero-order chi connectivity index (χ0) is 13.8. The monoisotopic (exact) mass is 299 g/mol. The van der Waals surface area contributed by atoms with Gasteiger partial charge in [0.1, 0.15) is 0 Å². The fraction of sp³-hybridized carbons (Fsp3) is 0.167. The van der Waals surface area contributed by atoms with E-state index in [-0.39, 0.29) is 11.6 Å². The third kappa shape index (κ3) is 3.07. The largest absolute Gasteiger partial charge is 0.443 e. The number of benzene rings is 1. The van der Waals surface area contributed by atoms with Crippen LogP contribution in [0.3, 0.4) is 0 Å². The van der Waals surface area contributed by atoms with Gasteiger partial charge < -0.3 is 15.5 Å². The molecule has 3 N–H and O–H groups in total. The summed E-state index contributed by atoms with van der Waals surface area (Å²) in [5, 5.41) is 3.43. The molecule has 19 heavy (non-hydrogen) atoms. The Labute approximate surface area is 119 Å². The normalized spacial score (nSPS) is 10.5. The molecule has 0 fully saturated rings. The SMILES string of the molecule is NCCNC(=O)c1ncoc1-c1ccc(Cl)c(Cl)c1. The van der Waals surface area contributed by atoms with Crippen molar-refractivity contribution in [3.8, 4) is 11.3 Å². The maximum Gasteiger partial charge on any atom is 0.273 e. The molecule has 0 bridgehead atoms. The molecule has 1 amide bonds. The number of carbonyl (C=O) groups is 1. The number of halogens is 2. The Kier molecular flexibility index (Phi) is 4.42. The first kappa shape index (κ1) is 13.9. The summed E-state index contributed by atoms with van der Waals surface area (Å²) in [6.45, 7) is 0.720.